The van der Waals surface area contributed by atoms with Crippen molar-refractivity contribution in [3.05, 3.63) is 35.9 Å². The minimum Gasteiger partial charge on any atom is -0.444 e. The lowest BCUT2D eigenvalue weighted by Crippen LogP contribution is -2.58. The first-order valence-corrected chi connectivity index (χ1v) is 9.11. The predicted octanol–water partition coefficient (Wildman–Crippen LogP) is 3.82. The Morgan fingerprint density at radius 1 is 1.24 bits per heavy atom. The van der Waals surface area contributed by atoms with E-state index in [1.54, 1.807) is 4.90 Å². The standard InChI is InChI=1S/C20H30N2O3/c1-5-6-12-17-14-21(13-16-10-8-7-9-11-16)18(23)15-22(17)19(24)25-20(2,3)4/h7-11,17H,5-6,12-15H2,1-4H3/t17-/m0/s1. The van der Waals surface area contributed by atoms with Gasteiger partial charge in [-0.3, -0.25) is 9.69 Å². The molecule has 1 fully saturated rings. The monoisotopic (exact) mass is 346 g/mol. The van der Waals surface area contributed by atoms with Crippen LogP contribution in [-0.2, 0) is 16.1 Å². The first-order chi connectivity index (χ1) is 11.8. The van der Waals surface area contributed by atoms with Crippen molar-refractivity contribution in [2.24, 2.45) is 0 Å². The summed E-state index contributed by atoms with van der Waals surface area (Å²) in [5, 5.41) is 0. The molecule has 25 heavy (non-hydrogen) atoms. The zero-order valence-electron chi connectivity index (χ0n) is 15.8. The van der Waals surface area contributed by atoms with Crippen molar-refractivity contribution in [1.29, 1.82) is 0 Å². The van der Waals surface area contributed by atoms with E-state index in [9.17, 15) is 9.59 Å². The molecule has 1 atom stereocenters. The van der Waals surface area contributed by atoms with E-state index >= 15 is 0 Å². The second-order valence-corrected chi connectivity index (χ2v) is 7.66. The number of rotatable bonds is 5. The zero-order valence-corrected chi connectivity index (χ0v) is 15.8. The van der Waals surface area contributed by atoms with Crippen LogP contribution < -0.4 is 0 Å². The van der Waals surface area contributed by atoms with E-state index < -0.39 is 5.60 Å². The summed E-state index contributed by atoms with van der Waals surface area (Å²) in [6.07, 6.45) is 2.58. The highest BCUT2D eigenvalue weighted by Crippen LogP contribution is 2.21. The van der Waals surface area contributed by atoms with Crippen molar-refractivity contribution < 1.29 is 14.3 Å². The van der Waals surface area contributed by atoms with Gasteiger partial charge in [0.2, 0.25) is 5.91 Å². The Morgan fingerprint density at radius 2 is 1.92 bits per heavy atom. The number of amides is 2. The van der Waals surface area contributed by atoms with Gasteiger partial charge >= 0.3 is 6.09 Å². The van der Waals surface area contributed by atoms with Gasteiger partial charge in [-0.1, -0.05) is 50.1 Å². The van der Waals surface area contributed by atoms with Crippen molar-refractivity contribution in [3.63, 3.8) is 0 Å². The molecule has 2 amide bonds. The Labute approximate surface area is 150 Å². The van der Waals surface area contributed by atoms with Gasteiger partial charge in [0.15, 0.2) is 0 Å². The van der Waals surface area contributed by atoms with Gasteiger partial charge in [-0.25, -0.2) is 4.79 Å². The zero-order chi connectivity index (χ0) is 18.4. The van der Waals surface area contributed by atoms with E-state index in [1.807, 2.05) is 56.0 Å². The van der Waals surface area contributed by atoms with Crippen LogP contribution in [0.1, 0.15) is 52.5 Å². The number of hydrogen-bond acceptors (Lipinski definition) is 3. The van der Waals surface area contributed by atoms with Crippen LogP contribution in [0, 0.1) is 0 Å². The molecule has 0 spiro atoms. The Bertz CT molecular complexity index is 580. The van der Waals surface area contributed by atoms with Crippen LogP contribution in [0.5, 0.6) is 0 Å². The molecule has 0 radical (unpaired) electrons. The van der Waals surface area contributed by atoms with E-state index in [0.29, 0.717) is 13.1 Å². The number of carbonyl (C=O) groups excluding carboxylic acids is 2. The number of unbranched alkanes of at least 4 members (excludes halogenated alkanes) is 1. The fourth-order valence-corrected chi connectivity index (χ4v) is 3.01. The summed E-state index contributed by atoms with van der Waals surface area (Å²) in [4.78, 5) is 28.6. The van der Waals surface area contributed by atoms with Gasteiger partial charge in [-0.2, -0.15) is 0 Å². The van der Waals surface area contributed by atoms with Crippen LogP contribution in [0.4, 0.5) is 4.79 Å². The van der Waals surface area contributed by atoms with Crippen molar-refractivity contribution in [3.8, 4) is 0 Å². The Hall–Kier alpha value is -2.04. The molecule has 138 valence electrons. The number of nitrogens with zero attached hydrogens (tertiary/aromatic N) is 2. The first-order valence-electron chi connectivity index (χ1n) is 9.11. The lowest BCUT2D eigenvalue weighted by atomic mass is 10.0. The third-order valence-electron chi connectivity index (χ3n) is 4.27. The minimum atomic E-state index is -0.559. The maximum atomic E-state index is 12.6. The molecule has 1 heterocycles. The lowest BCUT2D eigenvalue weighted by molar-refractivity contribution is -0.139. The Kier molecular flexibility index (Phi) is 6.45. The second kappa shape index (κ2) is 8.37. The summed E-state index contributed by atoms with van der Waals surface area (Å²) >= 11 is 0. The van der Waals surface area contributed by atoms with E-state index in [-0.39, 0.29) is 24.6 Å². The normalized spacial score (nSPS) is 18.4. The summed E-state index contributed by atoms with van der Waals surface area (Å²) in [5.74, 6) is -0.0255. The topological polar surface area (TPSA) is 49.9 Å². The quantitative estimate of drug-likeness (QED) is 0.814. The largest absolute Gasteiger partial charge is 0.444 e. The van der Waals surface area contributed by atoms with Crippen molar-refractivity contribution in [2.75, 3.05) is 13.1 Å². The molecule has 5 nitrogen and oxygen atoms in total. The van der Waals surface area contributed by atoms with Crippen molar-refractivity contribution in [2.45, 2.75) is 65.1 Å². The average molecular weight is 346 g/mol. The lowest BCUT2D eigenvalue weighted by Gasteiger charge is -2.41. The second-order valence-electron chi connectivity index (χ2n) is 7.66. The van der Waals surface area contributed by atoms with Crippen LogP contribution in [0.2, 0.25) is 0 Å². The predicted molar refractivity (Wildman–Crippen MR) is 98.1 cm³/mol. The summed E-state index contributed by atoms with van der Waals surface area (Å²) in [5.41, 5.74) is 0.548. The van der Waals surface area contributed by atoms with Gasteiger partial charge in [0.05, 0.1) is 6.04 Å². The molecule has 2 rings (SSSR count). The molecule has 0 unspecified atom stereocenters. The molecular weight excluding hydrogens is 316 g/mol. The molecule has 5 heteroatoms. The van der Waals surface area contributed by atoms with Gasteiger partial charge in [-0.05, 0) is 32.8 Å². The Balaban J connectivity index is 2.09. The van der Waals surface area contributed by atoms with Crippen LogP contribution >= 0.6 is 0 Å². The van der Waals surface area contributed by atoms with Crippen LogP contribution in [0.3, 0.4) is 0 Å². The number of carbonyl (C=O) groups is 2. The minimum absolute atomic E-state index is 0.0104. The number of hydrogen-bond donors (Lipinski definition) is 0. The maximum absolute atomic E-state index is 12.6. The third-order valence-corrected chi connectivity index (χ3v) is 4.27. The fraction of sp³-hybridized carbons (Fsp3) is 0.600. The first kappa shape index (κ1) is 19.3. The van der Waals surface area contributed by atoms with Gasteiger partial charge < -0.3 is 9.64 Å². The Morgan fingerprint density at radius 3 is 2.52 bits per heavy atom. The number of piperazine rings is 1. The molecule has 0 aromatic heterocycles. The third kappa shape index (κ3) is 5.76. The summed E-state index contributed by atoms with van der Waals surface area (Å²) in [6, 6.07) is 9.98. The molecule has 0 saturated carbocycles. The number of ether oxygens (including phenoxy) is 1. The van der Waals surface area contributed by atoms with Gasteiger partial charge in [0.1, 0.15) is 12.1 Å². The van der Waals surface area contributed by atoms with Crippen LogP contribution in [0.15, 0.2) is 30.3 Å². The maximum Gasteiger partial charge on any atom is 0.411 e. The van der Waals surface area contributed by atoms with E-state index in [1.165, 1.54) is 0 Å². The van der Waals surface area contributed by atoms with Crippen molar-refractivity contribution in [1.82, 2.24) is 9.80 Å². The smallest absolute Gasteiger partial charge is 0.411 e. The molecular formula is C20H30N2O3. The molecule has 1 aromatic carbocycles. The van der Waals surface area contributed by atoms with Gasteiger partial charge in [-0.15, -0.1) is 0 Å². The summed E-state index contributed by atoms with van der Waals surface area (Å²) < 4.78 is 5.51. The van der Waals surface area contributed by atoms with E-state index in [2.05, 4.69) is 6.92 Å². The molecule has 0 bridgehead atoms. The van der Waals surface area contributed by atoms with E-state index in [4.69, 9.17) is 4.74 Å². The molecule has 0 N–H and O–H groups in total. The fourth-order valence-electron chi connectivity index (χ4n) is 3.01. The van der Waals surface area contributed by atoms with Crippen LogP contribution in [0.25, 0.3) is 0 Å². The molecule has 1 aliphatic rings. The number of benzene rings is 1. The SMILES string of the molecule is CCCC[C@H]1CN(Cc2ccccc2)C(=O)CN1C(=O)OC(C)(C)C. The summed E-state index contributed by atoms with van der Waals surface area (Å²) in [6.45, 7) is 8.92. The van der Waals surface area contributed by atoms with E-state index in [0.717, 1.165) is 24.8 Å². The molecule has 1 aromatic rings. The average Bonchev–Trinajstić information content (AvgIpc) is 2.54. The summed E-state index contributed by atoms with van der Waals surface area (Å²) in [7, 11) is 0. The van der Waals surface area contributed by atoms with Crippen molar-refractivity contribution >= 4 is 12.0 Å². The highest BCUT2D eigenvalue weighted by Gasteiger charge is 2.36. The molecule has 0 aliphatic carbocycles. The van der Waals surface area contributed by atoms with Gasteiger partial charge in [0.25, 0.3) is 0 Å². The van der Waals surface area contributed by atoms with Crippen LogP contribution in [-0.4, -0.2) is 46.5 Å². The molecule has 1 saturated heterocycles. The molecule has 1 aliphatic heterocycles. The van der Waals surface area contributed by atoms with Gasteiger partial charge in [0, 0.05) is 13.1 Å². The highest BCUT2D eigenvalue weighted by molar-refractivity contribution is 5.84. The highest BCUT2D eigenvalue weighted by atomic mass is 16.6.